The van der Waals surface area contributed by atoms with Crippen LogP contribution in [0, 0.1) is 0 Å². The van der Waals surface area contributed by atoms with Crippen LogP contribution in [-0.2, 0) is 4.74 Å². The summed E-state index contributed by atoms with van der Waals surface area (Å²) in [6, 6.07) is 11.0. The number of nitrogens with one attached hydrogen (secondary N) is 2. The van der Waals surface area contributed by atoms with E-state index in [-0.39, 0.29) is 5.97 Å². The minimum atomic E-state index is -0.369. The maximum Gasteiger partial charge on any atom is 0.338 e. The van der Waals surface area contributed by atoms with E-state index in [2.05, 4.69) is 15.6 Å². The second-order valence-corrected chi connectivity index (χ2v) is 4.13. The molecule has 0 saturated heterocycles. The number of pyridine rings is 1. The number of rotatable bonds is 4. The molecule has 0 aliphatic carbocycles. The molecule has 1 aromatic heterocycles. The van der Waals surface area contributed by atoms with Gasteiger partial charge in [-0.05, 0) is 18.2 Å². The quantitative estimate of drug-likeness (QED) is 0.837. The summed E-state index contributed by atoms with van der Waals surface area (Å²) in [5.41, 5.74) is 2.86. The van der Waals surface area contributed by atoms with Crippen LogP contribution in [0.1, 0.15) is 10.4 Å². The first-order valence-corrected chi connectivity index (χ1v) is 6.25. The number of anilines is 2. The number of carbonyl (C=O) groups is 1. The predicted octanol–water partition coefficient (Wildman–Crippen LogP) is 2.62. The third kappa shape index (κ3) is 2.56. The number of carbonyl (C=O) groups excluding carboxylic acids is 1. The molecule has 0 radical (unpaired) electrons. The highest BCUT2D eigenvalue weighted by Crippen LogP contribution is 2.27. The SMILES string of the molecule is CNc1ccc(-c2ccccc2C(=O)OC)nc1NC. The average molecular weight is 271 g/mol. The fraction of sp³-hybridized carbons (Fsp3) is 0.200. The van der Waals surface area contributed by atoms with Gasteiger partial charge in [-0.3, -0.25) is 0 Å². The van der Waals surface area contributed by atoms with Gasteiger partial charge in [-0.2, -0.15) is 0 Å². The van der Waals surface area contributed by atoms with Crippen LogP contribution in [0.2, 0.25) is 0 Å². The molecule has 2 aromatic rings. The molecule has 2 N–H and O–H groups in total. The Kier molecular flexibility index (Phi) is 4.20. The van der Waals surface area contributed by atoms with Gasteiger partial charge in [-0.1, -0.05) is 18.2 Å². The largest absolute Gasteiger partial charge is 0.465 e. The first-order valence-electron chi connectivity index (χ1n) is 6.25. The number of benzene rings is 1. The van der Waals surface area contributed by atoms with Crippen molar-refractivity contribution >= 4 is 17.5 Å². The predicted molar refractivity (Wildman–Crippen MR) is 80.1 cm³/mol. The molecule has 5 nitrogen and oxygen atoms in total. The van der Waals surface area contributed by atoms with E-state index in [0.717, 1.165) is 17.1 Å². The molecular formula is C15H17N3O2. The van der Waals surface area contributed by atoms with Crippen molar-refractivity contribution in [3.05, 3.63) is 42.0 Å². The Morgan fingerprint density at radius 1 is 1.10 bits per heavy atom. The number of nitrogens with zero attached hydrogens (tertiary/aromatic N) is 1. The van der Waals surface area contributed by atoms with Crippen molar-refractivity contribution in [2.45, 2.75) is 0 Å². The zero-order valence-electron chi connectivity index (χ0n) is 11.7. The van der Waals surface area contributed by atoms with Crippen molar-refractivity contribution in [3.8, 4) is 11.3 Å². The summed E-state index contributed by atoms with van der Waals surface area (Å²) in [5, 5.41) is 6.09. The van der Waals surface area contributed by atoms with Crippen LogP contribution in [0.15, 0.2) is 36.4 Å². The van der Waals surface area contributed by atoms with Crippen molar-refractivity contribution in [2.75, 3.05) is 31.8 Å². The molecule has 0 aliphatic heterocycles. The first-order chi connectivity index (χ1) is 9.71. The first kappa shape index (κ1) is 13.9. The minimum absolute atomic E-state index is 0.369. The number of aromatic nitrogens is 1. The molecule has 0 spiro atoms. The lowest BCUT2D eigenvalue weighted by molar-refractivity contribution is 0.0601. The minimum Gasteiger partial charge on any atom is -0.465 e. The third-order valence-electron chi connectivity index (χ3n) is 3.01. The van der Waals surface area contributed by atoms with Crippen LogP contribution < -0.4 is 10.6 Å². The number of esters is 1. The molecule has 1 heterocycles. The molecule has 0 amide bonds. The lowest BCUT2D eigenvalue weighted by Gasteiger charge is -2.11. The summed E-state index contributed by atoms with van der Waals surface area (Å²) >= 11 is 0. The Hall–Kier alpha value is -2.56. The Morgan fingerprint density at radius 3 is 2.50 bits per heavy atom. The van der Waals surface area contributed by atoms with Crippen molar-refractivity contribution in [1.29, 1.82) is 0 Å². The summed E-state index contributed by atoms with van der Waals surface area (Å²) in [6.45, 7) is 0. The Morgan fingerprint density at radius 2 is 1.85 bits per heavy atom. The summed E-state index contributed by atoms with van der Waals surface area (Å²) in [7, 11) is 5.01. The lowest BCUT2D eigenvalue weighted by atomic mass is 10.0. The van der Waals surface area contributed by atoms with E-state index in [0.29, 0.717) is 11.3 Å². The van der Waals surface area contributed by atoms with Crippen LogP contribution in [-0.4, -0.2) is 32.2 Å². The van der Waals surface area contributed by atoms with Crippen LogP contribution in [0.3, 0.4) is 0 Å². The molecule has 0 atom stereocenters. The number of hydrogen-bond acceptors (Lipinski definition) is 5. The van der Waals surface area contributed by atoms with Gasteiger partial charge >= 0.3 is 5.97 Å². The highest BCUT2D eigenvalue weighted by Gasteiger charge is 2.14. The fourth-order valence-electron chi connectivity index (χ4n) is 2.00. The molecule has 0 fully saturated rings. The normalized spacial score (nSPS) is 9.95. The van der Waals surface area contributed by atoms with Gasteiger partial charge in [0.2, 0.25) is 0 Å². The molecule has 0 unspecified atom stereocenters. The summed E-state index contributed by atoms with van der Waals surface area (Å²) in [6.07, 6.45) is 0. The van der Waals surface area contributed by atoms with Crippen LogP contribution >= 0.6 is 0 Å². The van der Waals surface area contributed by atoms with Gasteiger partial charge in [0.15, 0.2) is 0 Å². The van der Waals surface area contributed by atoms with Crippen molar-refractivity contribution < 1.29 is 9.53 Å². The van der Waals surface area contributed by atoms with E-state index >= 15 is 0 Å². The van der Waals surface area contributed by atoms with Crippen LogP contribution in [0.25, 0.3) is 11.3 Å². The summed E-state index contributed by atoms with van der Waals surface area (Å²) in [4.78, 5) is 16.3. The van der Waals surface area contributed by atoms with E-state index in [1.54, 1.807) is 19.2 Å². The fourth-order valence-corrected chi connectivity index (χ4v) is 2.00. The van der Waals surface area contributed by atoms with Gasteiger partial charge < -0.3 is 15.4 Å². The van der Waals surface area contributed by atoms with Crippen LogP contribution in [0.4, 0.5) is 11.5 Å². The third-order valence-corrected chi connectivity index (χ3v) is 3.01. The van der Waals surface area contributed by atoms with Crippen LogP contribution in [0.5, 0.6) is 0 Å². The van der Waals surface area contributed by atoms with Crippen molar-refractivity contribution in [2.24, 2.45) is 0 Å². The Bertz CT molecular complexity index is 626. The van der Waals surface area contributed by atoms with Gasteiger partial charge in [0, 0.05) is 19.7 Å². The standard InChI is InChI=1S/C15H17N3O2/c1-16-13-9-8-12(18-14(13)17-2)10-6-4-5-7-11(10)15(19)20-3/h4-9,16H,1-3H3,(H,17,18). The van der Waals surface area contributed by atoms with Gasteiger partial charge in [0.05, 0.1) is 24.1 Å². The number of hydrogen-bond donors (Lipinski definition) is 2. The second kappa shape index (κ2) is 6.06. The summed E-state index contributed by atoms with van der Waals surface area (Å²) in [5.74, 6) is 0.357. The van der Waals surface area contributed by atoms with Gasteiger partial charge in [0.1, 0.15) is 5.82 Å². The molecule has 0 bridgehead atoms. The maximum absolute atomic E-state index is 11.8. The molecular weight excluding hydrogens is 254 g/mol. The number of ether oxygens (including phenoxy) is 1. The molecule has 104 valence electrons. The Balaban J connectivity index is 2.54. The topological polar surface area (TPSA) is 63.2 Å². The monoisotopic (exact) mass is 271 g/mol. The molecule has 20 heavy (non-hydrogen) atoms. The van der Waals surface area contributed by atoms with Gasteiger partial charge in [-0.15, -0.1) is 0 Å². The molecule has 1 aromatic carbocycles. The van der Waals surface area contributed by atoms with E-state index in [9.17, 15) is 4.79 Å². The maximum atomic E-state index is 11.8. The Labute approximate surface area is 118 Å². The highest BCUT2D eigenvalue weighted by molar-refractivity contribution is 5.97. The summed E-state index contributed by atoms with van der Waals surface area (Å²) < 4.78 is 4.81. The van der Waals surface area contributed by atoms with Gasteiger partial charge in [-0.25, -0.2) is 9.78 Å². The average Bonchev–Trinajstić information content (AvgIpc) is 2.53. The van der Waals surface area contributed by atoms with E-state index in [4.69, 9.17) is 4.74 Å². The second-order valence-electron chi connectivity index (χ2n) is 4.13. The van der Waals surface area contributed by atoms with E-state index in [1.165, 1.54) is 7.11 Å². The highest BCUT2D eigenvalue weighted by atomic mass is 16.5. The smallest absolute Gasteiger partial charge is 0.338 e. The molecule has 0 aliphatic rings. The van der Waals surface area contributed by atoms with E-state index < -0.39 is 0 Å². The van der Waals surface area contributed by atoms with E-state index in [1.807, 2.05) is 31.3 Å². The zero-order valence-corrected chi connectivity index (χ0v) is 11.7. The lowest BCUT2D eigenvalue weighted by Crippen LogP contribution is -2.05. The molecule has 2 rings (SSSR count). The molecule has 0 saturated carbocycles. The molecule has 5 heteroatoms. The number of methoxy groups -OCH3 is 1. The zero-order chi connectivity index (χ0) is 14.5. The van der Waals surface area contributed by atoms with Gasteiger partial charge in [0.25, 0.3) is 0 Å². The van der Waals surface area contributed by atoms with Crippen molar-refractivity contribution in [1.82, 2.24) is 4.98 Å². The van der Waals surface area contributed by atoms with Crippen molar-refractivity contribution in [3.63, 3.8) is 0 Å².